The molecule has 1 unspecified atom stereocenters. The number of nitrogens with two attached hydrogens (primary N) is 1. The summed E-state index contributed by atoms with van der Waals surface area (Å²) >= 11 is 0. The molecule has 0 fully saturated rings. The Morgan fingerprint density at radius 3 is 2.94 bits per heavy atom. The molecule has 18 heavy (non-hydrogen) atoms. The lowest BCUT2D eigenvalue weighted by Crippen LogP contribution is -2.28. The van der Waals surface area contributed by atoms with Crippen molar-refractivity contribution in [2.24, 2.45) is 5.73 Å². The summed E-state index contributed by atoms with van der Waals surface area (Å²) in [6.45, 7) is 5.92. The molecule has 0 radical (unpaired) electrons. The van der Waals surface area contributed by atoms with E-state index in [0.717, 1.165) is 24.3 Å². The minimum Gasteiger partial charge on any atom is -0.494 e. The van der Waals surface area contributed by atoms with Crippen LogP contribution in [0, 0.1) is 11.8 Å². The van der Waals surface area contributed by atoms with Gasteiger partial charge in [0.15, 0.2) is 0 Å². The van der Waals surface area contributed by atoms with Gasteiger partial charge in [-0.1, -0.05) is 12.1 Å². The Hall–Kier alpha value is -1.50. The van der Waals surface area contributed by atoms with E-state index in [4.69, 9.17) is 10.5 Å². The van der Waals surface area contributed by atoms with Crippen LogP contribution in [-0.4, -0.2) is 19.7 Å². The van der Waals surface area contributed by atoms with Gasteiger partial charge < -0.3 is 15.8 Å². The fraction of sp³-hybridized carbons (Fsp3) is 0.467. The molecule has 0 heterocycles. The fourth-order valence-electron chi connectivity index (χ4n) is 1.76. The van der Waals surface area contributed by atoms with Gasteiger partial charge in [0, 0.05) is 25.6 Å². The van der Waals surface area contributed by atoms with E-state index in [2.05, 4.69) is 23.2 Å². The molecule has 0 amide bonds. The van der Waals surface area contributed by atoms with E-state index in [-0.39, 0.29) is 6.04 Å². The van der Waals surface area contributed by atoms with Gasteiger partial charge in [-0.25, -0.2) is 0 Å². The molecule has 3 heteroatoms. The van der Waals surface area contributed by atoms with Crippen molar-refractivity contribution in [2.45, 2.75) is 26.3 Å². The summed E-state index contributed by atoms with van der Waals surface area (Å²) in [6.07, 6.45) is 0.845. The van der Waals surface area contributed by atoms with E-state index in [0.29, 0.717) is 13.2 Å². The summed E-state index contributed by atoms with van der Waals surface area (Å²) in [5.74, 6) is 6.81. The van der Waals surface area contributed by atoms with Crippen LogP contribution in [0.25, 0.3) is 0 Å². The second-order valence-electron chi connectivity index (χ2n) is 3.92. The summed E-state index contributed by atoms with van der Waals surface area (Å²) in [6, 6.07) is 8.22. The summed E-state index contributed by atoms with van der Waals surface area (Å²) in [5, 5.41) is 3.41. The molecular weight excluding hydrogens is 224 g/mol. The molecule has 1 atom stereocenters. The minimum atomic E-state index is 0.157. The van der Waals surface area contributed by atoms with Gasteiger partial charge in [0.25, 0.3) is 0 Å². The minimum absolute atomic E-state index is 0.157. The zero-order valence-electron chi connectivity index (χ0n) is 11.2. The van der Waals surface area contributed by atoms with Gasteiger partial charge in [0.05, 0.1) is 6.61 Å². The first-order valence-electron chi connectivity index (χ1n) is 6.37. The maximum Gasteiger partial charge on any atom is 0.119 e. The van der Waals surface area contributed by atoms with Crippen LogP contribution in [-0.2, 0) is 0 Å². The van der Waals surface area contributed by atoms with Crippen molar-refractivity contribution in [2.75, 3.05) is 19.7 Å². The van der Waals surface area contributed by atoms with Crippen molar-refractivity contribution in [1.29, 1.82) is 0 Å². The Morgan fingerprint density at radius 1 is 1.44 bits per heavy atom. The number of rotatable bonds is 7. The molecule has 0 aliphatic rings. The second kappa shape index (κ2) is 8.57. The lowest BCUT2D eigenvalue weighted by atomic mass is 10.1. The zero-order chi connectivity index (χ0) is 13.2. The predicted octanol–water partition coefficient (Wildman–Crippen LogP) is 2.09. The molecule has 1 rings (SSSR count). The summed E-state index contributed by atoms with van der Waals surface area (Å²) in [7, 11) is 0. The van der Waals surface area contributed by atoms with Crippen LogP contribution in [0.2, 0.25) is 0 Å². The van der Waals surface area contributed by atoms with Crippen molar-refractivity contribution in [3.63, 3.8) is 0 Å². The van der Waals surface area contributed by atoms with Crippen LogP contribution >= 0.6 is 0 Å². The molecule has 1 aromatic carbocycles. The highest BCUT2D eigenvalue weighted by Gasteiger charge is 2.09. The van der Waals surface area contributed by atoms with Gasteiger partial charge >= 0.3 is 0 Å². The summed E-state index contributed by atoms with van der Waals surface area (Å²) < 4.78 is 5.49. The van der Waals surface area contributed by atoms with Gasteiger partial charge in [-0.3, -0.25) is 0 Å². The maximum atomic E-state index is 5.80. The van der Waals surface area contributed by atoms with Crippen LogP contribution in [0.5, 0.6) is 5.75 Å². The highest BCUT2D eigenvalue weighted by atomic mass is 16.5. The molecule has 0 bridgehead atoms. The molecule has 0 saturated carbocycles. The van der Waals surface area contributed by atoms with Gasteiger partial charge in [-0.15, -0.1) is 11.8 Å². The van der Waals surface area contributed by atoms with E-state index in [1.807, 2.05) is 32.0 Å². The number of nitrogens with one attached hydrogen (secondary N) is 1. The molecule has 3 N–H and O–H groups in total. The van der Waals surface area contributed by atoms with Gasteiger partial charge in [-0.2, -0.15) is 0 Å². The Kier molecular flexibility index (Phi) is 6.93. The van der Waals surface area contributed by atoms with Crippen molar-refractivity contribution < 1.29 is 4.74 Å². The van der Waals surface area contributed by atoms with Crippen LogP contribution in [0.15, 0.2) is 24.3 Å². The molecule has 98 valence electrons. The maximum absolute atomic E-state index is 5.80. The Morgan fingerprint density at radius 2 is 2.28 bits per heavy atom. The summed E-state index contributed by atoms with van der Waals surface area (Å²) in [4.78, 5) is 0. The second-order valence-corrected chi connectivity index (χ2v) is 3.92. The third kappa shape index (κ3) is 4.79. The number of hydrogen-bond acceptors (Lipinski definition) is 3. The molecule has 0 aromatic heterocycles. The fourth-order valence-corrected chi connectivity index (χ4v) is 1.76. The van der Waals surface area contributed by atoms with Crippen LogP contribution < -0.4 is 15.8 Å². The van der Waals surface area contributed by atoms with E-state index < -0.39 is 0 Å². The van der Waals surface area contributed by atoms with E-state index >= 15 is 0 Å². The largest absolute Gasteiger partial charge is 0.494 e. The first-order valence-corrected chi connectivity index (χ1v) is 6.37. The predicted molar refractivity (Wildman–Crippen MR) is 75.5 cm³/mol. The van der Waals surface area contributed by atoms with Crippen molar-refractivity contribution in [3.05, 3.63) is 29.8 Å². The van der Waals surface area contributed by atoms with Crippen LogP contribution in [0.1, 0.15) is 31.9 Å². The monoisotopic (exact) mass is 246 g/mol. The number of benzene rings is 1. The van der Waals surface area contributed by atoms with Gasteiger partial charge in [0.1, 0.15) is 5.75 Å². The topological polar surface area (TPSA) is 47.3 Å². The number of ether oxygens (including phenoxy) is 1. The molecule has 0 aliphatic heterocycles. The highest BCUT2D eigenvalue weighted by Crippen LogP contribution is 2.18. The molecule has 0 saturated heterocycles. The average Bonchev–Trinajstić information content (AvgIpc) is 2.40. The van der Waals surface area contributed by atoms with Gasteiger partial charge in [0.2, 0.25) is 0 Å². The van der Waals surface area contributed by atoms with Crippen LogP contribution in [0.4, 0.5) is 0 Å². The standard InChI is InChI=1S/C15H22N2O/c1-3-5-6-10-17-15(12-16)13-8-7-9-14(11-13)18-4-2/h7-9,11,15,17H,4,6,10,12,16H2,1-2H3. The normalized spacial score (nSPS) is 11.5. The molecule has 3 nitrogen and oxygen atoms in total. The van der Waals surface area contributed by atoms with E-state index in [9.17, 15) is 0 Å². The third-order valence-electron chi connectivity index (χ3n) is 2.62. The van der Waals surface area contributed by atoms with E-state index in [1.165, 1.54) is 0 Å². The Labute approximate surface area is 110 Å². The first-order chi connectivity index (χ1) is 8.81. The Balaban J connectivity index is 2.62. The van der Waals surface area contributed by atoms with Crippen LogP contribution in [0.3, 0.4) is 0 Å². The SMILES string of the molecule is CC#CCCNC(CN)c1cccc(OCC)c1. The third-order valence-corrected chi connectivity index (χ3v) is 2.62. The quantitative estimate of drug-likeness (QED) is 0.572. The first kappa shape index (κ1) is 14.6. The molecule has 0 aliphatic carbocycles. The smallest absolute Gasteiger partial charge is 0.119 e. The lowest BCUT2D eigenvalue weighted by Gasteiger charge is -2.17. The number of hydrogen-bond donors (Lipinski definition) is 2. The average molecular weight is 246 g/mol. The molecule has 0 spiro atoms. The molecule has 1 aromatic rings. The lowest BCUT2D eigenvalue weighted by molar-refractivity contribution is 0.339. The van der Waals surface area contributed by atoms with Crippen molar-refractivity contribution in [3.8, 4) is 17.6 Å². The summed E-state index contributed by atoms with van der Waals surface area (Å²) in [5.41, 5.74) is 6.96. The van der Waals surface area contributed by atoms with Crippen molar-refractivity contribution in [1.82, 2.24) is 5.32 Å². The van der Waals surface area contributed by atoms with Gasteiger partial charge in [-0.05, 0) is 31.5 Å². The Bertz CT molecular complexity index is 406. The zero-order valence-corrected chi connectivity index (χ0v) is 11.2. The van der Waals surface area contributed by atoms with Crippen molar-refractivity contribution >= 4 is 0 Å². The highest BCUT2D eigenvalue weighted by molar-refractivity contribution is 5.30. The van der Waals surface area contributed by atoms with E-state index in [1.54, 1.807) is 0 Å². The molecular formula is C15H22N2O.